The number of likely N-dealkylation sites (N-methyl/N-ethyl adjacent to an activating group) is 1. The Bertz CT molecular complexity index is 1270. The van der Waals surface area contributed by atoms with Crippen molar-refractivity contribution in [1.82, 2.24) is 14.5 Å². The molecule has 0 aliphatic rings. The maximum absolute atomic E-state index is 12.6. The first kappa shape index (κ1) is 25.3. The van der Waals surface area contributed by atoms with Crippen LogP contribution in [0.3, 0.4) is 0 Å². The number of fused-ring (bicyclic) bond motifs is 1. The topological polar surface area (TPSA) is 71.4 Å². The zero-order valence-corrected chi connectivity index (χ0v) is 21.3. The Labute approximate surface area is 213 Å². The van der Waals surface area contributed by atoms with E-state index in [0.29, 0.717) is 17.1 Å². The molecule has 0 saturated carbocycles. The number of nitrogens with one attached hydrogen (secondary N) is 2. The standard InChI is InChI=1S/C29H35N5O2/c1-4-6-18-33(3)19-20-34-27-17-14-23(21-26(27)32-28(34)5-2)31-29(35)30-22-12-15-25(16-13-22)36-24-10-8-7-9-11-24/h7-17,21H,4-6,18-20H2,1-3H3,(H2,30,31,35). The molecule has 0 unspecified atom stereocenters. The summed E-state index contributed by atoms with van der Waals surface area (Å²) in [5.41, 5.74) is 3.37. The predicted molar refractivity (Wildman–Crippen MR) is 147 cm³/mol. The smallest absolute Gasteiger partial charge is 0.323 e. The molecule has 0 aliphatic heterocycles. The number of aryl methyl sites for hydroxylation is 1. The number of hydrogen-bond acceptors (Lipinski definition) is 4. The number of ether oxygens (including phenoxy) is 1. The van der Waals surface area contributed by atoms with Crippen molar-refractivity contribution in [2.24, 2.45) is 0 Å². The number of anilines is 2. The third kappa shape index (κ3) is 6.64. The number of hydrogen-bond donors (Lipinski definition) is 2. The molecule has 7 heteroatoms. The molecule has 0 atom stereocenters. The van der Waals surface area contributed by atoms with Gasteiger partial charge in [-0.05, 0) is 74.6 Å². The van der Waals surface area contributed by atoms with Gasteiger partial charge >= 0.3 is 6.03 Å². The van der Waals surface area contributed by atoms with Crippen molar-refractivity contribution in [1.29, 1.82) is 0 Å². The van der Waals surface area contributed by atoms with Crippen LogP contribution in [0.5, 0.6) is 11.5 Å². The number of urea groups is 1. The number of carbonyl (C=O) groups is 1. The van der Waals surface area contributed by atoms with E-state index in [1.807, 2.05) is 72.8 Å². The van der Waals surface area contributed by atoms with E-state index >= 15 is 0 Å². The van der Waals surface area contributed by atoms with E-state index in [2.05, 4.69) is 41.0 Å². The Morgan fingerprint density at radius 3 is 2.33 bits per heavy atom. The van der Waals surface area contributed by atoms with Gasteiger partial charge in [0.1, 0.15) is 17.3 Å². The molecule has 36 heavy (non-hydrogen) atoms. The quantitative estimate of drug-likeness (QED) is 0.246. The highest BCUT2D eigenvalue weighted by molar-refractivity contribution is 6.00. The first-order valence-electron chi connectivity index (χ1n) is 12.6. The molecule has 0 saturated heterocycles. The lowest BCUT2D eigenvalue weighted by Crippen LogP contribution is -2.24. The van der Waals surface area contributed by atoms with Crippen molar-refractivity contribution < 1.29 is 9.53 Å². The SMILES string of the molecule is CCCCN(C)CCn1c(CC)nc2cc(NC(=O)Nc3ccc(Oc4ccccc4)cc3)ccc21. The minimum absolute atomic E-state index is 0.307. The van der Waals surface area contributed by atoms with E-state index < -0.39 is 0 Å². The van der Waals surface area contributed by atoms with Crippen molar-refractivity contribution in [2.45, 2.75) is 39.7 Å². The number of imidazole rings is 1. The van der Waals surface area contributed by atoms with Gasteiger partial charge in [0, 0.05) is 30.9 Å². The molecular formula is C29H35N5O2. The normalized spacial score (nSPS) is 11.1. The molecule has 7 nitrogen and oxygen atoms in total. The highest BCUT2D eigenvalue weighted by Gasteiger charge is 2.12. The van der Waals surface area contributed by atoms with Crippen molar-refractivity contribution in [3.8, 4) is 11.5 Å². The highest BCUT2D eigenvalue weighted by Crippen LogP contribution is 2.24. The third-order valence-electron chi connectivity index (χ3n) is 6.09. The molecular weight excluding hydrogens is 450 g/mol. The number of amides is 2. The second-order valence-corrected chi connectivity index (χ2v) is 8.91. The highest BCUT2D eigenvalue weighted by atomic mass is 16.5. The summed E-state index contributed by atoms with van der Waals surface area (Å²) in [5.74, 6) is 2.54. The average Bonchev–Trinajstić information content (AvgIpc) is 3.24. The van der Waals surface area contributed by atoms with E-state index in [1.165, 1.54) is 12.8 Å². The number of benzene rings is 3. The second kappa shape index (κ2) is 12.2. The van der Waals surface area contributed by atoms with Crippen molar-refractivity contribution in [3.05, 3.63) is 78.6 Å². The van der Waals surface area contributed by atoms with Crippen LogP contribution in [0.2, 0.25) is 0 Å². The molecule has 4 rings (SSSR count). The molecule has 4 aromatic rings. The maximum Gasteiger partial charge on any atom is 0.323 e. The van der Waals surface area contributed by atoms with Gasteiger partial charge in [-0.1, -0.05) is 38.5 Å². The first-order valence-corrected chi connectivity index (χ1v) is 12.6. The van der Waals surface area contributed by atoms with Crippen LogP contribution in [0.25, 0.3) is 11.0 Å². The van der Waals surface area contributed by atoms with Gasteiger partial charge in [-0.3, -0.25) is 0 Å². The number of para-hydroxylation sites is 1. The number of aromatic nitrogens is 2. The van der Waals surface area contributed by atoms with Gasteiger partial charge in [-0.2, -0.15) is 0 Å². The molecule has 0 aliphatic carbocycles. The zero-order valence-electron chi connectivity index (χ0n) is 21.3. The predicted octanol–water partition coefficient (Wildman–Crippen LogP) is 6.77. The average molecular weight is 486 g/mol. The number of rotatable bonds is 11. The molecule has 3 aromatic carbocycles. The summed E-state index contributed by atoms with van der Waals surface area (Å²) < 4.78 is 8.10. The molecule has 1 aromatic heterocycles. The fourth-order valence-electron chi connectivity index (χ4n) is 4.11. The minimum atomic E-state index is -0.307. The van der Waals surface area contributed by atoms with E-state index in [9.17, 15) is 4.79 Å². The minimum Gasteiger partial charge on any atom is -0.457 e. The van der Waals surface area contributed by atoms with E-state index in [1.54, 1.807) is 0 Å². The van der Waals surface area contributed by atoms with Crippen LogP contribution in [0, 0.1) is 0 Å². The largest absolute Gasteiger partial charge is 0.457 e. The van der Waals surface area contributed by atoms with Crippen LogP contribution < -0.4 is 15.4 Å². The number of unbranched alkanes of at least 4 members (excludes halogenated alkanes) is 1. The number of nitrogens with zero attached hydrogens (tertiary/aromatic N) is 3. The second-order valence-electron chi connectivity index (χ2n) is 8.91. The Hall–Kier alpha value is -3.84. The van der Waals surface area contributed by atoms with Crippen LogP contribution in [0.15, 0.2) is 72.8 Å². The lowest BCUT2D eigenvalue weighted by molar-refractivity contribution is 0.262. The van der Waals surface area contributed by atoms with Gasteiger partial charge in [0.25, 0.3) is 0 Å². The molecule has 2 amide bonds. The molecule has 1 heterocycles. The Kier molecular flexibility index (Phi) is 8.57. The van der Waals surface area contributed by atoms with Crippen LogP contribution >= 0.6 is 0 Å². The van der Waals surface area contributed by atoms with Gasteiger partial charge in [0.15, 0.2) is 0 Å². The van der Waals surface area contributed by atoms with Crippen molar-refractivity contribution in [2.75, 3.05) is 30.8 Å². The van der Waals surface area contributed by atoms with Gasteiger partial charge in [0.2, 0.25) is 0 Å². The first-order chi connectivity index (χ1) is 17.6. The summed E-state index contributed by atoms with van der Waals surface area (Å²) in [7, 11) is 2.17. The van der Waals surface area contributed by atoms with Crippen LogP contribution in [-0.4, -0.2) is 40.6 Å². The summed E-state index contributed by atoms with van der Waals surface area (Å²) in [6.45, 7) is 7.33. The molecule has 2 N–H and O–H groups in total. The summed E-state index contributed by atoms with van der Waals surface area (Å²) >= 11 is 0. The summed E-state index contributed by atoms with van der Waals surface area (Å²) in [4.78, 5) is 19.8. The molecule has 188 valence electrons. The van der Waals surface area contributed by atoms with Gasteiger partial charge in [-0.15, -0.1) is 0 Å². The Morgan fingerprint density at radius 2 is 1.61 bits per heavy atom. The molecule has 0 bridgehead atoms. The van der Waals surface area contributed by atoms with E-state index in [4.69, 9.17) is 9.72 Å². The van der Waals surface area contributed by atoms with Crippen molar-refractivity contribution >= 4 is 28.4 Å². The van der Waals surface area contributed by atoms with Crippen LogP contribution in [0.4, 0.5) is 16.2 Å². The third-order valence-corrected chi connectivity index (χ3v) is 6.09. The summed E-state index contributed by atoms with van der Waals surface area (Å²) in [6.07, 6.45) is 3.28. The lowest BCUT2D eigenvalue weighted by atomic mass is 10.2. The van der Waals surface area contributed by atoms with E-state index in [-0.39, 0.29) is 6.03 Å². The van der Waals surface area contributed by atoms with Gasteiger partial charge < -0.3 is 24.8 Å². The Balaban J connectivity index is 1.37. The van der Waals surface area contributed by atoms with Gasteiger partial charge in [0.05, 0.1) is 11.0 Å². The zero-order chi connectivity index (χ0) is 25.3. The monoisotopic (exact) mass is 485 g/mol. The number of carbonyl (C=O) groups excluding carboxylic acids is 1. The van der Waals surface area contributed by atoms with Crippen molar-refractivity contribution in [3.63, 3.8) is 0 Å². The lowest BCUT2D eigenvalue weighted by Gasteiger charge is -2.17. The molecule has 0 spiro atoms. The summed E-state index contributed by atoms with van der Waals surface area (Å²) in [6, 6.07) is 22.5. The fourth-order valence-corrected chi connectivity index (χ4v) is 4.11. The van der Waals surface area contributed by atoms with Crippen LogP contribution in [-0.2, 0) is 13.0 Å². The maximum atomic E-state index is 12.6. The van der Waals surface area contributed by atoms with Crippen LogP contribution in [0.1, 0.15) is 32.5 Å². The summed E-state index contributed by atoms with van der Waals surface area (Å²) in [5, 5.41) is 5.79. The fraction of sp³-hybridized carbons (Fsp3) is 0.310. The van der Waals surface area contributed by atoms with E-state index in [0.717, 1.165) is 48.7 Å². The van der Waals surface area contributed by atoms with Gasteiger partial charge in [-0.25, -0.2) is 9.78 Å². The Morgan fingerprint density at radius 1 is 0.917 bits per heavy atom. The molecule has 0 radical (unpaired) electrons. The molecule has 0 fully saturated rings.